The van der Waals surface area contributed by atoms with E-state index in [1.165, 1.54) is 21.9 Å². The zero-order chi connectivity index (χ0) is 15.0. The van der Waals surface area contributed by atoms with E-state index in [4.69, 9.17) is 11.6 Å². The Morgan fingerprint density at radius 2 is 1.62 bits per heavy atom. The summed E-state index contributed by atoms with van der Waals surface area (Å²) in [5, 5.41) is 3.37. The van der Waals surface area contributed by atoms with Crippen LogP contribution in [0.2, 0.25) is 5.02 Å². The van der Waals surface area contributed by atoms with E-state index in [0.29, 0.717) is 0 Å². The lowest BCUT2D eigenvalue weighted by Gasteiger charge is -2.18. The van der Waals surface area contributed by atoms with Crippen LogP contribution >= 0.6 is 27.5 Å². The highest BCUT2D eigenvalue weighted by atomic mass is 79.9. The Labute approximate surface area is 138 Å². The van der Waals surface area contributed by atoms with E-state index >= 15 is 0 Å². The molecule has 2 heteroatoms. The molecule has 0 aliphatic carbocycles. The summed E-state index contributed by atoms with van der Waals surface area (Å²) >= 11 is 10.4. The fourth-order valence-corrected chi connectivity index (χ4v) is 4.12. The molecule has 0 heterocycles. The van der Waals surface area contributed by atoms with Gasteiger partial charge in [0, 0.05) is 5.02 Å². The summed E-state index contributed by atoms with van der Waals surface area (Å²) in [6, 6.07) is 19.0. The van der Waals surface area contributed by atoms with Gasteiger partial charge in [0.1, 0.15) is 0 Å². The van der Waals surface area contributed by atoms with Crippen molar-refractivity contribution in [3.05, 3.63) is 81.9 Å². The Balaban J connectivity index is 2.24. The van der Waals surface area contributed by atoms with E-state index in [1.54, 1.807) is 0 Å². The summed E-state index contributed by atoms with van der Waals surface area (Å²) in [5.74, 6) is 0. The van der Waals surface area contributed by atoms with Gasteiger partial charge in [0.25, 0.3) is 0 Å². The van der Waals surface area contributed by atoms with Crippen LogP contribution in [-0.2, 0) is 0 Å². The Hall–Kier alpha value is -1.31. The van der Waals surface area contributed by atoms with Crippen molar-refractivity contribution in [2.24, 2.45) is 0 Å². The Kier molecular flexibility index (Phi) is 4.05. The number of aryl methyl sites for hydroxylation is 2. The first-order chi connectivity index (χ1) is 10.1. The van der Waals surface area contributed by atoms with Gasteiger partial charge in [0.15, 0.2) is 0 Å². The van der Waals surface area contributed by atoms with Crippen LogP contribution in [0.15, 0.2) is 54.6 Å². The number of benzene rings is 3. The van der Waals surface area contributed by atoms with Crippen LogP contribution in [0.3, 0.4) is 0 Å². The van der Waals surface area contributed by atoms with Crippen LogP contribution in [0.4, 0.5) is 0 Å². The van der Waals surface area contributed by atoms with Crippen LogP contribution in [0, 0.1) is 13.8 Å². The van der Waals surface area contributed by atoms with E-state index in [2.05, 4.69) is 71.4 Å². The lowest BCUT2D eigenvalue weighted by Crippen LogP contribution is -1.99. The van der Waals surface area contributed by atoms with Gasteiger partial charge in [-0.1, -0.05) is 82.1 Å². The van der Waals surface area contributed by atoms with Gasteiger partial charge < -0.3 is 0 Å². The van der Waals surface area contributed by atoms with E-state index in [1.807, 2.05) is 13.0 Å². The highest BCUT2D eigenvalue weighted by Gasteiger charge is 2.18. The molecule has 0 nitrogen and oxygen atoms in total. The molecule has 1 unspecified atom stereocenters. The van der Waals surface area contributed by atoms with E-state index < -0.39 is 0 Å². The first kappa shape index (κ1) is 14.6. The van der Waals surface area contributed by atoms with Gasteiger partial charge in [-0.25, -0.2) is 0 Å². The van der Waals surface area contributed by atoms with Gasteiger partial charge in [-0.3, -0.25) is 0 Å². The number of halogens is 2. The zero-order valence-corrected chi connectivity index (χ0v) is 14.4. The molecular formula is C19H16BrCl. The number of hydrogen-bond acceptors (Lipinski definition) is 0. The van der Waals surface area contributed by atoms with Crippen LogP contribution in [0.5, 0.6) is 0 Å². The molecule has 3 aromatic rings. The lowest BCUT2D eigenvalue weighted by molar-refractivity contribution is 1.16. The largest absolute Gasteiger partial charge is 0.0837 e. The highest BCUT2D eigenvalue weighted by molar-refractivity contribution is 9.09. The minimum Gasteiger partial charge on any atom is -0.0837 e. The average Bonchev–Trinajstić information content (AvgIpc) is 2.49. The molecule has 0 radical (unpaired) electrons. The summed E-state index contributed by atoms with van der Waals surface area (Å²) in [6.07, 6.45) is 0. The molecule has 0 aliphatic rings. The maximum absolute atomic E-state index is 6.51. The molecule has 1 atom stereocenters. The van der Waals surface area contributed by atoms with Crippen molar-refractivity contribution in [1.82, 2.24) is 0 Å². The molecular weight excluding hydrogens is 344 g/mol. The molecule has 0 saturated heterocycles. The van der Waals surface area contributed by atoms with E-state index in [-0.39, 0.29) is 4.83 Å². The van der Waals surface area contributed by atoms with Gasteiger partial charge in [0.05, 0.1) is 4.83 Å². The lowest BCUT2D eigenvalue weighted by atomic mass is 9.93. The molecule has 106 valence electrons. The summed E-state index contributed by atoms with van der Waals surface area (Å²) in [7, 11) is 0. The summed E-state index contributed by atoms with van der Waals surface area (Å²) < 4.78 is 0. The normalized spacial score (nSPS) is 12.6. The van der Waals surface area contributed by atoms with Gasteiger partial charge in [-0.05, 0) is 46.9 Å². The molecule has 3 aromatic carbocycles. The molecule has 21 heavy (non-hydrogen) atoms. The highest BCUT2D eigenvalue weighted by Crippen LogP contribution is 2.40. The topological polar surface area (TPSA) is 0 Å². The van der Waals surface area contributed by atoms with Crippen molar-refractivity contribution < 1.29 is 0 Å². The first-order valence-electron chi connectivity index (χ1n) is 6.97. The standard InChI is InChI=1S/C19H16BrCl/c1-12-10-11-14-7-3-4-8-15(14)17(12)18(20)16-9-5-6-13(2)19(16)21/h3-11,18H,1-2H3. The number of hydrogen-bond donors (Lipinski definition) is 0. The fraction of sp³-hybridized carbons (Fsp3) is 0.158. The molecule has 0 bridgehead atoms. The number of fused-ring (bicyclic) bond motifs is 1. The Morgan fingerprint density at radius 1 is 0.857 bits per heavy atom. The SMILES string of the molecule is Cc1cccc(C(Br)c2c(C)ccc3ccccc23)c1Cl. The molecule has 0 fully saturated rings. The molecule has 0 aliphatic heterocycles. The number of alkyl halides is 1. The van der Waals surface area contributed by atoms with Crippen LogP contribution in [0.25, 0.3) is 10.8 Å². The van der Waals surface area contributed by atoms with E-state index in [0.717, 1.165) is 16.1 Å². The van der Waals surface area contributed by atoms with Crippen molar-refractivity contribution >= 4 is 38.3 Å². The molecule has 0 amide bonds. The maximum atomic E-state index is 6.51. The molecule has 0 N–H and O–H groups in total. The van der Waals surface area contributed by atoms with Crippen molar-refractivity contribution in [1.29, 1.82) is 0 Å². The monoisotopic (exact) mass is 358 g/mol. The zero-order valence-electron chi connectivity index (χ0n) is 12.0. The average molecular weight is 360 g/mol. The van der Waals surface area contributed by atoms with Gasteiger partial charge in [-0.2, -0.15) is 0 Å². The summed E-state index contributed by atoms with van der Waals surface area (Å²) in [5.41, 5.74) is 4.79. The predicted molar refractivity (Wildman–Crippen MR) is 95.6 cm³/mol. The van der Waals surface area contributed by atoms with Crippen molar-refractivity contribution in [2.75, 3.05) is 0 Å². The second kappa shape index (κ2) is 5.82. The van der Waals surface area contributed by atoms with Gasteiger partial charge in [0.2, 0.25) is 0 Å². The van der Waals surface area contributed by atoms with Gasteiger partial charge >= 0.3 is 0 Å². The fourth-order valence-electron chi connectivity index (χ4n) is 2.76. The first-order valence-corrected chi connectivity index (χ1v) is 8.26. The molecule has 0 aromatic heterocycles. The van der Waals surface area contributed by atoms with Crippen LogP contribution in [0.1, 0.15) is 27.1 Å². The van der Waals surface area contributed by atoms with Crippen molar-refractivity contribution in [2.45, 2.75) is 18.7 Å². The Morgan fingerprint density at radius 3 is 2.43 bits per heavy atom. The van der Waals surface area contributed by atoms with Crippen molar-refractivity contribution in [3.63, 3.8) is 0 Å². The van der Waals surface area contributed by atoms with E-state index in [9.17, 15) is 0 Å². The second-order valence-electron chi connectivity index (χ2n) is 5.36. The minimum absolute atomic E-state index is 0.0935. The number of rotatable bonds is 2. The van der Waals surface area contributed by atoms with Crippen LogP contribution < -0.4 is 0 Å². The third-order valence-electron chi connectivity index (χ3n) is 3.94. The van der Waals surface area contributed by atoms with Gasteiger partial charge in [-0.15, -0.1) is 0 Å². The summed E-state index contributed by atoms with van der Waals surface area (Å²) in [4.78, 5) is 0.0935. The molecule has 3 rings (SSSR count). The smallest absolute Gasteiger partial charge is 0.0667 e. The predicted octanol–water partition coefficient (Wildman–Crippen LogP) is 6.59. The quantitative estimate of drug-likeness (QED) is 0.452. The third-order valence-corrected chi connectivity index (χ3v) is 5.40. The minimum atomic E-state index is 0.0935. The summed E-state index contributed by atoms with van der Waals surface area (Å²) in [6.45, 7) is 4.20. The second-order valence-corrected chi connectivity index (χ2v) is 6.65. The third kappa shape index (κ3) is 2.61. The van der Waals surface area contributed by atoms with Crippen LogP contribution in [-0.4, -0.2) is 0 Å². The molecule has 0 saturated carbocycles. The molecule has 0 spiro atoms. The van der Waals surface area contributed by atoms with Crippen molar-refractivity contribution in [3.8, 4) is 0 Å². The Bertz CT molecular complexity index is 808. The maximum Gasteiger partial charge on any atom is 0.0667 e.